The van der Waals surface area contributed by atoms with Crippen LogP contribution in [0.25, 0.3) is 0 Å². The molecule has 0 aliphatic heterocycles. The Balaban J connectivity index is 2.15. The lowest BCUT2D eigenvalue weighted by molar-refractivity contribution is 0.0933. The van der Waals surface area contributed by atoms with Gasteiger partial charge in [-0.3, -0.25) is 4.79 Å². The fraction of sp³-hybridized carbons (Fsp3) is 0.353. The summed E-state index contributed by atoms with van der Waals surface area (Å²) in [5, 5.41) is 14.6. The summed E-state index contributed by atoms with van der Waals surface area (Å²) in [5.74, 6) is 0.879. The summed E-state index contributed by atoms with van der Waals surface area (Å²) < 4.78 is 5.31. The number of anilines is 2. The Labute approximate surface area is 146 Å². The molecule has 0 saturated heterocycles. The Morgan fingerprint density at radius 3 is 2.67 bits per heavy atom. The summed E-state index contributed by atoms with van der Waals surface area (Å²) >= 11 is 6.10. The van der Waals surface area contributed by atoms with Crippen molar-refractivity contribution >= 4 is 29.0 Å². The largest absolute Gasteiger partial charge is 0.495 e. The van der Waals surface area contributed by atoms with E-state index in [9.17, 15) is 4.79 Å². The van der Waals surface area contributed by atoms with Gasteiger partial charge in [-0.25, -0.2) is 0 Å². The number of nitrogens with one attached hydrogen (secondary N) is 2. The van der Waals surface area contributed by atoms with Crippen molar-refractivity contribution in [3.63, 3.8) is 0 Å². The van der Waals surface area contributed by atoms with E-state index in [0.717, 1.165) is 17.7 Å². The number of amides is 1. The highest BCUT2D eigenvalue weighted by molar-refractivity contribution is 6.31. The summed E-state index contributed by atoms with van der Waals surface area (Å²) in [6.07, 6.45) is 0.856. The van der Waals surface area contributed by atoms with E-state index in [2.05, 4.69) is 20.8 Å². The first kappa shape index (κ1) is 18.0. The number of hydrogen-bond acceptors (Lipinski definition) is 5. The molecule has 1 unspecified atom stereocenters. The highest BCUT2D eigenvalue weighted by atomic mass is 35.5. The molecule has 0 aliphatic carbocycles. The van der Waals surface area contributed by atoms with Crippen molar-refractivity contribution in [1.82, 2.24) is 15.5 Å². The SMILES string of the molecule is CCC(C)NC(=O)c1ccc(Nc2cc(C)c(Cl)cc2OC)nn1. The maximum Gasteiger partial charge on any atom is 0.272 e. The van der Waals surface area contributed by atoms with Crippen molar-refractivity contribution in [2.75, 3.05) is 12.4 Å². The molecule has 1 aromatic heterocycles. The summed E-state index contributed by atoms with van der Waals surface area (Å²) in [7, 11) is 1.57. The third-order valence-electron chi connectivity index (χ3n) is 3.63. The van der Waals surface area contributed by atoms with Crippen LogP contribution in [0.4, 0.5) is 11.5 Å². The van der Waals surface area contributed by atoms with Crippen LogP contribution < -0.4 is 15.4 Å². The zero-order chi connectivity index (χ0) is 17.7. The number of methoxy groups -OCH3 is 1. The van der Waals surface area contributed by atoms with Crippen molar-refractivity contribution in [1.29, 1.82) is 0 Å². The van der Waals surface area contributed by atoms with E-state index in [-0.39, 0.29) is 17.6 Å². The Hall–Kier alpha value is -2.34. The first-order valence-electron chi connectivity index (χ1n) is 7.70. The summed E-state index contributed by atoms with van der Waals surface area (Å²) in [5.41, 5.74) is 1.92. The maximum absolute atomic E-state index is 12.0. The fourth-order valence-corrected chi connectivity index (χ4v) is 2.14. The number of aryl methyl sites for hydroxylation is 1. The smallest absolute Gasteiger partial charge is 0.272 e. The van der Waals surface area contributed by atoms with Crippen molar-refractivity contribution in [2.24, 2.45) is 0 Å². The first-order chi connectivity index (χ1) is 11.4. The molecule has 0 spiro atoms. The zero-order valence-electron chi connectivity index (χ0n) is 14.2. The molecule has 0 aliphatic rings. The molecule has 2 aromatic rings. The van der Waals surface area contributed by atoms with Gasteiger partial charge in [0, 0.05) is 17.1 Å². The monoisotopic (exact) mass is 348 g/mol. The quantitative estimate of drug-likeness (QED) is 0.832. The topological polar surface area (TPSA) is 76.1 Å². The molecule has 1 amide bonds. The number of aromatic nitrogens is 2. The lowest BCUT2D eigenvalue weighted by Gasteiger charge is -2.13. The minimum atomic E-state index is -0.233. The number of rotatable bonds is 6. The molecule has 7 heteroatoms. The highest BCUT2D eigenvalue weighted by Crippen LogP contribution is 2.32. The van der Waals surface area contributed by atoms with E-state index in [0.29, 0.717) is 16.6 Å². The number of benzene rings is 1. The van der Waals surface area contributed by atoms with Gasteiger partial charge in [0.25, 0.3) is 5.91 Å². The molecule has 1 aromatic carbocycles. The van der Waals surface area contributed by atoms with E-state index < -0.39 is 0 Å². The highest BCUT2D eigenvalue weighted by Gasteiger charge is 2.12. The number of carbonyl (C=O) groups is 1. The van der Waals surface area contributed by atoms with Gasteiger partial charge < -0.3 is 15.4 Å². The molecule has 128 valence electrons. The molecule has 0 radical (unpaired) electrons. The standard InChI is InChI=1S/C17H21ClN4O2/c1-5-11(3)19-17(23)13-6-7-16(22-21-13)20-14-8-10(2)12(18)9-15(14)24-4/h6-9,11H,5H2,1-4H3,(H,19,23)(H,20,22). The number of carbonyl (C=O) groups excluding carboxylic acids is 1. The second-order valence-electron chi connectivity index (χ2n) is 5.51. The Morgan fingerprint density at radius 1 is 1.33 bits per heavy atom. The lowest BCUT2D eigenvalue weighted by atomic mass is 10.2. The number of hydrogen-bond donors (Lipinski definition) is 2. The molecule has 0 bridgehead atoms. The Bertz CT molecular complexity index is 719. The number of halogens is 1. The van der Waals surface area contributed by atoms with Crippen molar-refractivity contribution in [2.45, 2.75) is 33.2 Å². The summed E-state index contributed by atoms with van der Waals surface area (Å²) in [6.45, 7) is 5.85. The van der Waals surface area contributed by atoms with Gasteiger partial charge in [0.05, 0.1) is 12.8 Å². The van der Waals surface area contributed by atoms with Crippen LogP contribution >= 0.6 is 11.6 Å². The van der Waals surface area contributed by atoms with Crippen molar-refractivity contribution in [3.8, 4) is 5.75 Å². The van der Waals surface area contributed by atoms with E-state index >= 15 is 0 Å². The minimum Gasteiger partial charge on any atom is -0.495 e. The van der Waals surface area contributed by atoms with Crippen LogP contribution in [0.2, 0.25) is 5.02 Å². The molecule has 0 saturated carbocycles. The number of nitrogens with zero attached hydrogens (tertiary/aromatic N) is 2. The Kier molecular flexibility index (Phi) is 5.98. The molecular weight excluding hydrogens is 328 g/mol. The van der Waals surface area contributed by atoms with Crippen molar-refractivity contribution < 1.29 is 9.53 Å². The average Bonchev–Trinajstić information content (AvgIpc) is 2.58. The Morgan fingerprint density at radius 2 is 2.08 bits per heavy atom. The number of ether oxygens (including phenoxy) is 1. The minimum absolute atomic E-state index is 0.0957. The molecule has 1 atom stereocenters. The fourth-order valence-electron chi connectivity index (χ4n) is 1.99. The molecule has 0 fully saturated rings. The van der Waals surface area contributed by atoms with Gasteiger partial charge >= 0.3 is 0 Å². The molecule has 2 N–H and O–H groups in total. The first-order valence-corrected chi connectivity index (χ1v) is 8.08. The zero-order valence-corrected chi connectivity index (χ0v) is 14.9. The van der Waals surface area contributed by atoms with Crippen LogP contribution in [0, 0.1) is 6.92 Å². The van der Waals surface area contributed by atoms with Gasteiger partial charge in [-0.05, 0) is 44.0 Å². The van der Waals surface area contributed by atoms with Crippen LogP contribution in [0.1, 0.15) is 36.3 Å². The van der Waals surface area contributed by atoms with E-state index in [1.807, 2.05) is 26.8 Å². The van der Waals surface area contributed by atoms with Crippen LogP contribution in [0.5, 0.6) is 5.75 Å². The van der Waals surface area contributed by atoms with Crippen LogP contribution in [0.15, 0.2) is 24.3 Å². The van der Waals surface area contributed by atoms with E-state index in [1.165, 1.54) is 0 Å². The van der Waals surface area contributed by atoms with Gasteiger partial charge in [0.15, 0.2) is 11.5 Å². The van der Waals surface area contributed by atoms with Crippen molar-refractivity contribution in [3.05, 3.63) is 40.5 Å². The van der Waals surface area contributed by atoms with Crippen LogP contribution in [-0.4, -0.2) is 29.3 Å². The summed E-state index contributed by atoms with van der Waals surface area (Å²) in [6, 6.07) is 7.02. The molecule has 24 heavy (non-hydrogen) atoms. The second kappa shape index (κ2) is 7.97. The lowest BCUT2D eigenvalue weighted by Crippen LogP contribution is -2.32. The van der Waals surface area contributed by atoms with E-state index in [4.69, 9.17) is 16.3 Å². The average molecular weight is 349 g/mol. The molecule has 6 nitrogen and oxygen atoms in total. The molecule has 1 heterocycles. The predicted molar refractivity (Wildman–Crippen MR) is 95.3 cm³/mol. The summed E-state index contributed by atoms with van der Waals surface area (Å²) in [4.78, 5) is 12.0. The molecular formula is C17H21ClN4O2. The van der Waals surface area contributed by atoms with Gasteiger partial charge in [0.1, 0.15) is 5.75 Å². The third kappa shape index (κ3) is 4.35. The van der Waals surface area contributed by atoms with Crippen LogP contribution in [0.3, 0.4) is 0 Å². The van der Waals surface area contributed by atoms with Crippen LogP contribution in [-0.2, 0) is 0 Å². The molecule has 2 rings (SSSR count). The second-order valence-corrected chi connectivity index (χ2v) is 5.92. The van der Waals surface area contributed by atoms with Gasteiger partial charge in [0.2, 0.25) is 0 Å². The van der Waals surface area contributed by atoms with Gasteiger partial charge in [-0.2, -0.15) is 0 Å². The maximum atomic E-state index is 12.0. The van der Waals surface area contributed by atoms with E-state index in [1.54, 1.807) is 25.3 Å². The predicted octanol–water partition coefficient (Wildman–Crippen LogP) is 3.72. The van der Waals surface area contributed by atoms with Gasteiger partial charge in [-0.1, -0.05) is 18.5 Å². The normalized spacial score (nSPS) is 11.7. The third-order valence-corrected chi connectivity index (χ3v) is 4.04. The van der Waals surface area contributed by atoms with Gasteiger partial charge in [-0.15, -0.1) is 10.2 Å².